The van der Waals surface area contributed by atoms with E-state index in [2.05, 4.69) is 44.1 Å². The van der Waals surface area contributed by atoms with Gasteiger partial charge in [0.15, 0.2) is 0 Å². The molecule has 0 bridgehead atoms. The summed E-state index contributed by atoms with van der Waals surface area (Å²) in [6, 6.07) is 0. The van der Waals surface area contributed by atoms with Crippen LogP contribution in [0.4, 0.5) is 0 Å². The molecule has 0 saturated carbocycles. The zero-order chi connectivity index (χ0) is 9.40. The van der Waals surface area contributed by atoms with E-state index in [1.54, 1.807) is 0 Å². The van der Waals surface area contributed by atoms with Crippen LogP contribution in [0.25, 0.3) is 0 Å². The molecular weight excluding hydrogens is 146 g/mol. The van der Waals surface area contributed by atoms with Crippen molar-refractivity contribution in [1.82, 2.24) is 4.90 Å². The maximum Gasteiger partial charge on any atom is 0.0140 e. The van der Waals surface area contributed by atoms with Gasteiger partial charge in [0.1, 0.15) is 0 Å². The van der Waals surface area contributed by atoms with E-state index in [0.717, 1.165) is 6.54 Å². The van der Waals surface area contributed by atoms with E-state index in [0.29, 0.717) is 0 Å². The normalized spacial score (nSPS) is 13.2. The van der Waals surface area contributed by atoms with E-state index in [9.17, 15) is 0 Å². The lowest BCUT2D eigenvalue weighted by atomic mass is 10.2. The fourth-order valence-electron chi connectivity index (χ4n) is 0.654. The van der Waals surface area contributed by atoms with Crippen LogP contribution < -0.4 is 0 Å². The lowest BCUT2D eigenvalue weighted by Crippen LogP contribution is -2.08. The molecule has 0 aliphatic rings. The molecule has 0 fully saturated rings. The molecule has 0 aliphatic heterocycles. The Morgan fingerprint density at radius 1 is 1.42 bits per heavy atom. The average molecular weight is 165 g/mol. The molecule has 0 spiro atoms. The highest BCUT2D eigenvalue weighted by Crippen LogP contribution is 1.96. The lowest BCUT2D eigenvalue weighted by Gasteiger charge is -2.08. The predicted octanol–water partition coefficient (Wildman–Crippen LogP) is 2.97. The van der Waals surface area contributed by atoms with Gasteiger partial charge in [-0.15, -0.1) is 0 Å². The molecule has 1 heteroatoms. The monoisotopic (exact) mass is 165 g/mol. The van der Waals surface area contributed by atoms with Crippen LogP contribution in [-0.2, 0) is 0 Å². The summed E-state index contributed by atoms with van der Waals surface area (Å²) in [5.41, 5.74) is 1.27. The van der Waals surface area contributed by atoms with Crippen molar-refractivity contribution in [2.75, 3.05) is 13.6 Å². The van der Waals surface area contributed by atoms with Gasteiger partial charge in [0, 0.05) is 13.6 Å². The van der Waals surface area contributed by atoms with Crippen molar-refractivity contribution in [1.29, 1.82) is 0 Å². The fourth-order valence-corrected chi connectivity index (χ4v) is 0.654. The molecular formula is C11H19N. The van der Waals surface area contributed by atoms with Gasteiger partial charge in [0.05, 0.1) is 0 Å². The summed E-state index contributed by atoms with van der Waals surface area (Å²) >= 11 is 0. The summed E-state index contributed by atoms with van der Waals surface area (Å²) in [6.07, 6.45) is 10.4. The Labute approximate surface area is 76.1 Å². The molecule has 0 aromatic carbocycles. The molecule has 0 rings (SSSR count). The van der Waals surface area contributed by atoms with Gasteiger partial charge in [-0.25, -0.2) is 0 Å². The average Bonchev–Trinajstić information content (AvgIpc) is 2.10. The first-order valence-electron chi connectivity index (χ1n) is 4.38. The number of hydrogen-bond donors (Lipinski definition) is 0. The van der Waals surface area contributed by atoms with Gasteiger partial charge in [0.2, 0.25) is 0 Å². The Bertz CT molecular complexity index is 187. The first-order valence-corrected chi connectivity index (χ1v) is 4.38. The molecule has 68 valence electrons. The van der Waals surface area contributed by atoms with Gasteiger partial charge in [-0.1, -0.05) is 18.2 Å². The van der Waals surface area contributed by atoms with Crippen LogP contribution in [0.2, 0.25) is 0 Å². The third kappa shape index (κ3) is 5.78. The van der Waals surface area contributed by atoms with E-state index in [1.807, 2.05) is 19.1 Å². The first-order chi connectivity index (χ1) is 5.70. The molecule has 0 atom stereocenters. The van der Waals surface area contributed by atoms with Crippen LogP contribution in [0.1, 0.15) is 20.8 Å². The van der Waals surface area contributed by atoms with Crippen molar-refractivity contribution in [2.45, 2.75) is 20.8 Å². The van der Waals surface area contributed by atoms with Gasteiger partial charge in [-0.3, -0.25) is 0 Å². The molecule has 0 unspecified atom stereocenters. The molecule has 0 aromatic rings. The van der Waals surface area contributed by atoms with Gasteiger partial charge >= 0.3 is 0 Å². The van der Waals surface area contributed by atoms with Crippen molar-refractivity contribution in [3.05, 3.63) is 36.1 Å². The zero-order valence-corrected chi connectivity index (χ0v) is 8.54. The van der Waals surface area contributed by atoms with Crippen LogP contribution in [0.5, 0.6) is 0 Å². The summed E-state index contributed by atoms with van der Waals surface area (Å²) in [5, 5.41) is 0. The summed E-state index contributed by atoms with van der Waals surface area (Å²) in [4.78, 5) is 2.15. The Kier molecular flexibility index (Phi) is 6.16. The van der Waals surface area contributed by atoms with Gasteiger partial charge < -0.3 is 4.90 Å². The molecule has 0 amide bonds. The standard InChI is InChI=1S/C11H19N/c1-5-7-8-11(3)9-10-12(4)6-2/h5,7-10H,6H2,1-4H3/b7-5-,10-9-,11-8+. The minimum Gasteiger partial charge on any atom is -0.381 e. The van der Waals surface area contributed by atoms with Crippen LogP contribution in [0, 0.1) is 0 Å². The molecule has 12 heavy (non-hydrogen) atoms. The molecule has 0 radical (unpaired) electrons. The van der Waals surface area contributed by atoms with E-state index < -0.39 is 0 Å². The number of allylic oxidation sites excluding steroid dienone is 5. The number of nitrogens with zero attached hydrogens (tertiary/aromatic N) is 1. The van der Waals surface area contributed by atoms with Gasteiger partial charge in [0.25, 0.3) is 0 Å². The van der Waals surface area contributed by atoms with E-state index in [1.165, 1.54) is 5.57 Å². The predicted molar refractivity (Wildman–Crippen MR) is 56.0 cm³/mol. The minimum atomic E-state index is 1.05. The molecule has 0 aliphatic carbocycles. The smallest absolute Gasteiger partial charge is 0.0140 e. The maximum atomic E-state index is 2.15. The van der Waals surface area contributed by atoms with Crippen molar-refractivity contribution in [3.8, 4) is 0 Å². The molecule has 0 saturated heterocycles. The molecule has 1 nitrogen and oxygen atoms in total. The van der Waals surface area contributed by atoms with Crippen LogP contribution in [0.3, 0.4) is 0 Å². The largest absolute Gasteiger partial charge is 0.381 e. The van der Waals surface area contributed by atoms with Crippen LogP contribution in [-0.4, -0.2) is 18.5 Å². The third-order valence-corrected chi connectivity index (χ3v) is 1.64. The van der Waals surface area contributed by atoms with Gasteiger partial charge in [-0.05, 0) is 38.6 Å². The lowest BCUT2D eigenvalue weighted by molar-refractivity contribution is 0.484. The first kappa shape index (κ1) is 11.0. The topological polar surface area (TPSA) is 3.24 Å². The maximum absolute atomic E-state index is 2.15. The second-order valence-electron chi connectivity index (χ2n) is 2.83. The Morgan fingerprint density at radius 3 is 2.58 bits per heavy atom. The highest BCUT2D eigenvalue weighted by atomic mass is 15.1. The number of rotatable bonds is 4. The molecule has 0 heterocycles. The Balaban J connectivity index is 3.97. The minimum absolute atomic E-state index is 1.05. The van der Waals surface area contributed by atoms with E-state index >= 15 is 0 Å². The van der Waals surface area contributed by atoms with Gasteiger partial charge in [-0.2, -0.15) is 0 Å². The zero-order valence-electron chi connectivity index (χ0n) is 8.54. The van der Waals surface area contributed by atoms with Crippen LogP contribution >= 0.6 is 0 Å². The van der Waals surface area contributed by atoms with Crippen molar-refractivity contribution < 1.29 is 0 Å². The van der Waals surface area contributed by atoms with E-state index in [4.69, 9.17) is 0 Å². The molecule has 0 N–H and O–H groups in total. The SMILES string of the molecule is C\C=C/C=C(C)/C=C\N(C)CC. The Morgan fingerprint density at radius 2 is 2.08 bits per heavy atom. The second-order valence-corrected chi connectivity index (χ2v) is 2.83. The van der Waals surface area contributed by atoms with Crippen molar-refractivity contribution in [3.63, 3.8) is 0 Å². The van der Waals surface area contributed by atoms with Crippen molar-refractivity contribution in [2.24, 2.45) is 0 Å². The third-order valence-electron chi connectivity index (χ3n) is 1.64. The fraction of sp³-hybridized carbons (Fsp3) is 0.455. The highest BCUT2D eigenvalue weighted by Gasteiger charge is 1.82. The number of hydrogen-bond acceptors (Lipinski definition) is 1. The summed E-state index contributed by atoms with van der Waals surface area (Å²) < 4.78 is 0. The quantitative estimate of drug-likeness (QED) is 0.579. The summed E-state index contributed by atoms with van der Waals surface area (Å²) in [5.74, 6) is 0. The summed E-state index contributed by atoms with van der Waals surface area (Å²) in [6.45, 7) is 7.30. The second kappa shape index (κ2) is 6.71. The highest BCUT2D eigenvalue weighted by molar-refractivity contribution is 5.20. The van der Waals surface area contributed by atoms with E-state index in [-0.39, 0.29) is 0 Å². The van der Waals surface area contributed by atoms with Crippen LogP contribution in [0.15, 0.2) is 36.1 Å². The van der Waals surface area contributed by atoms with Crippen molar-refractivity contribution >= 4 is 0 Å². The Hall–Kier alpha value is -0.980. The molecule has 0 aromatic heterocycles. The summed E-state index contributed by atoms with van der Waals surface area (Å²) in [7, 11) is 2.07.